The maximum absolute atomic E-state index is 12.8. The largest absolute Gasteiger partial charge is 0.321 e. The van der Waals surface area contributed by atoms with Gasteiger partial charge >= 0.3 is 0 Å². The Morgan fingerprint density at radius 1 is 0.935 bits per heavy atom. The lowest BCUT2D eigenvalue weighted by atomic mass is 10.0. The zero-order valence-corrected chi connectivity index (χ0v) is 19.6. The van der Waals surface area contributed by atoms with E-state index in [9.17, 15) is 9.59 Å². The number of Topliss-reactive ketones (excluding diaryl/α,β-unsaturated/α-hetero) is 1. The molecule has 0 atom stereocenters. The highest BCUT2D eigenvalue weighted by molar-refractivity contribution is 7.13. The number of amides is 1. The van der Waals surface area contributed by atoms with Crippen LogP contribution in [-0.4, -0.2) is 16.7 Å². The molecular weight excluding hydrogens is 404 g/mol. The fraction of sp³-hybridized carbons (Fsp3) is 0.346. The molecule has 1 amide bonds. The molecule has 0 saturated carbocycles. The van der Waals surface area contributed by atoms with Crippen LogP contribution < -0.4 is 5.32 Å². The monoisotopic (exact) mass is 434 g/mol. The molecule has 0 radical (unpaired) electrons. The van der Waals surface area contributed by atoms with Crippen LogP contribution in [-0.2, 0) is 17.6 Å². The molecule has 0 unspecified atom stereocenters. The summed E-state index contributed by atoms with van der Waals surface area (Å²) in [5.74, 6) is 0.163. The van der Waals surface area contributed by atoms with Gasteiger partial charge in [-0.05, 0) is 63.6 Å². The second kappa shape index (κ2) is 10.5. The summed E-state index contributed by atoms with van der Waals surface area (Å²) in [5, 5.41) is 3.97. The lowest BCUT2D eigenvalue weighted by Gasteiger charge is -2.12. The van der Waals surface area contributed by atoms with Gasteiger partial charge in [0.05, 0.1) is 10.7 Å². The van der Waals surface area contributed by atoms with Gasteiger partial charge < -0.3 is 5.32 Å². The number of benzene rings is 2. The summed E-state index contributed by atoms with van der Waals surface area (Å²) in [4.78, 5) is 30.3. The van der Waals surface area contributed by atoms with Crippen LogP contribution in [0.3, 0.4) is 0 Å². The Morgan fingerprint density at radius 3 is 2.29 bits per heavy atom. The van der Waals surface area contributed by atoms with Crippen molar-refractivity contribution in [2.75, 3.05) is 5.32 Å². The van der Waals surface area contributed by atoms with E-state index in [1.807, 2.05) is 39.0 Å². The van der Waals surface area contributed by atoms with E-state index in [0.29, 0.717) is 17.7 Å². The van der Waals surface area contributed by atoms with Crippen LogP contribution in [0.15, 0.2) is 42.5 Å². The number of anilines is 1. The van der Waals surface area contributed by atoms with Gasteiger partial charge in [0.15, 0.2) is 0 Å². The molecule has 3 rings (SSSR count). The van der Waals surface area contributed by atoms with Crippen LogP contribution >= 0.6 is 11.3 Å². The molecule has 1 N–H and O–H groups in total. The number of nitrogens with zero attached hydrogens (tertiary/aromatic N) is 1. The fourth-order valence-corrected chi connectivity index (χ4v) is 4.81. The smallest absolute Gasteiger partial charge is 0.267 e. The van der Waals surface area contributed by atoms with Crippen molar-refractivity contribution in [2.45, 2.75) is 59.8 Å². The van der Waals surface area contributed by atoms with E-state index in [-0.39, 0.29) is 11.7 Å². The van der Waals surface area contributed by atoms with Crippen LogP contribution in [0.25, 0.3) is 0 Å². The summed E-state index contributed by atoms with van der Waals surface area (Å²) in [7, 11) is 0. The number of thiazole rings is 1. The standard InChI is InChI=1S/C26H30N2O2S/c1-17-15-18(2)24(19(3)16-17)28-26(30)25-20(4)27-23(31-25)12-8-11-22(29)14-13-21-9-6-5-7-10-21/h5-7,9-10,15-16H,8,11-14H2,1-4H3,(H,28,30). The molecule has 162 valence electrons. The van der Waals surface area contributed by atoms with Crippen molar-refractivity contribution in [1.82, 2.24) is 4.98 Å². The maximum Gasteiger partial charge on any atom is 0.267 e. The Morgan fingerprint density at radius 2 is 1.61 bits per heavy atom. The summed E-state index contributed by atoms with van der Waals surface area (Å²) in [6.07, 6.45) is 3.40. The van der Waals surface area contributed by atoms with Crippen molar-refractivity contribution < 1.29 is 9.59 Å². The SMILES string of the molecule is Cc1cc(C)c(NC(=O)c2sc(CCCC(=O)CCc3ccccc3)nc2C)c(C)c1. The molecule has 0 saturated heterocycles. The van der Waals surface area contributed by atoms with Crippen LogP contribution in [0.1, 0.15) is 61.9 Å². The van der Waals surface area contributed by atoms with Gasteiger partial charge in [0, 0.05) is 18.5 Å². The Hall–Kier alpha value is -2.79. The van der Waals surface area contributed by atoms with Gasteiger partial charge in [0.2, 0.25) is 0 Å². The van der Waals surface area contributed by atoms with E-state index in [1.54, 1.807) is 0 Å². The van der Waals surface area contributed by atoms with Crippen LogP contribution in [0.2, 0.25) is 0 Å². The molecule has 31 heavy (non-hydrogen) atoms. The molecule has 2 aromatic carbocycles. The highest BCUT2D eigenvalue weighted by Crippen LogP contribution is 2.25. The predicted molar refractivity (Wildman–Crippen MR) is 128 cm³/mol. The molecule has 0 aliphatic carbocycles. The third-order valence-electron chi connectivity index (χ3n) is 5.34. The summed E-state index contributed by atoms with van der Waals surface area (Å²) >= 11 is 1.43. The second-order valence-electron chi connectivity index (χ2n) is 8.13. The second-order valence-corrected chi connectivity index (χ2v) is 9.21. The molecule has 3 aromatic rings. The van der Waals surface area contributed by atoms with Gasteiger partial charge in [-0.1, -0.05) is 48.0 Å². The fourth-order valence-electron chi connectivity index (χ4n) is 3.81. The Kier molecular flexibility index (Phi) is 7.75. The molecule has 1 heterocycles. The van der Waals surface area contributed by atoms with Gasteiger partial charge in [0.25, 0.3) is 5.91 Å². The van der Waals surface area contributed by atoms with E-state index in [0.717, 1.165) is 46.8 Å². The predicted octanol–water partition coefficient (Wildman–Crippen LogP) is 6.15. The first-order chi connectivity index (χ1) is 14.8. The van der Waals surface area contributed by atoms with Crippen molar-refractivity contribution in [3.05, 3.63) is 80.3 Å². The van der Waals surface area contributed by atoms with Crippen molar-refractivity contribution in [3.63, 3.8) is 0 Å². The van der Waals surface area contributed by atoms with Gasteiger partial charge in [-0.3, -0.25) is 9.59 Å². The minimum absolute atomic E-state index is 0.116. The number of rotatable bonds is 9. The summed E-state index contributed by atoms with van der Waals surface area (Å²) in [6.45, 7) is 7.94. The van der Waals surface area contributed by atoms with Crippen molar-refractivity contribution >= 4 is 28.7 Å². The van der Waals surface area contributed by atoms with E-state index in [2.05, 4.69) is 41.5 Å². The lowest BCUT2D eigenvalue weighted by molar-refractivity contribution is -0.119. The van der Waals surface area contributed by atoms with Gasteiger partial charge in [-0.25, -0.2) is 4.98 Å². The number of nitrogens with one attached hydrogen (secondary N) is 1. The van der Waals surface area contributed by atoms with Crippen LogP contribution in [0.5, 0.6) is 0 Å². The number of hydrogen-bond donors (Lipinski definition) is 1. The number of ketones is 1. The molecule has 0 bridgehead atoms. The first-order valence-corrected chi connectivity index (χ1v) is 11.6. The molecule has 0 spiro atoms. The van der Waals surface area contributed by atoms with Crippen molar-refractivity contribution in [2.24, 2.45) is 0 Å². The number of hydrogen-bond acceptors (Lipinski definition) is 4. The lowest BCUT2D eigenvalue weighted by Crippen LogP contribution is -2.13. The highest BCUT2D eigenvalue weighted by Gasteiger charge is 2.17. The topological polar surface area (TPSA) is 59.1 Å². The third-order valence-corrected chi connectivity index (χ3v) is 6.56. The minimum atomic E-state index is -0.116. The molecule has 0 fully saturated rings. The van der Waals surface area contributed by atoms with E-state index in [1.165, 1.54) is 22.5 Å². The molecule has 0 aliphatic rings. The van der Waals surface area contributed by atoms with Gasteiger partial charge in [-0.2, -0.15) is 0 Å². The Balaban J connectivity index is 1.52. The maximum atomic E-state index is 12.8. The quantitative estimate of drug-likeness (QED) is 0.439. The number of aromatic nitrogens is 1. The Bertz CT molecular complexity index is 1050. The first kappa shape index (κ1) is 22.9. The zero-order valence-electron chi connectivity index (χ0n) is 18.7. The number of carbonyl (C=O) groups is 2. The van der Waals surface area contributed by atoms with Crippen molar-refractivity contribution in [1.29, 1.82) is 0 Å². The molecule has 4 nitrogen and oxygen atoms in total. The zero-order chi connectivity index (χ0) is 22.4. The van der Waals surface area contributed by atoms with E-state index >= 15 is 0 Å². The first-order valence-electron chi connectivity index (χ1n) is 10.7. The van der Waals surface area contributed by atoms with Gasteiger partial charge in [-0.15, -0.1) is 11.3 Å². The van der Waals surface area contributed by atoms with E-state index in [4.69, 9.17) is 0 Å². The molecular formula is C26H30N2O2S. The summed E-state index contributed by atoms with van der Waals surface area (Å²) in [5.41, 5.74) is 6.11. The number of aryl methyl sites for hydroxylation is 6. The minimum Gasteiger partial charge on any atom is -0.321 e. The normalized spacial score (nSPS) is 10.8. The van der Waals surface area contributed by atoms with Gasteiger partial charge in [0.1, 0.15) is 10.7 Å². The molecule has 5 heteroatoms. The van der Waals surface area contributed by atoms with Crippen LogP contribution in [0, 0.1) is 27.7 Å². The van der Waals surface area contributed by atoms with Crippen LogP contribution in [0.4, 0.5) is 5.69 Å². The molecule has 0 aliphatic heterocycles. The summed E-state index contributed by atoms with van der Waals surface area (Å²) in [6, 6.07) is 14.2. The van der Waals surface area contributed by atoms with Crippen molar-refractivity contribution in [3.8, 4) is 0 Å². The average Bonchev–Trinajstić information content (AvgIpc) is 3.10. The van der Waals surface area contributed by atoms with E-state index < -0.39 is 0 Å². The molecule has 1 aromatic heterocycles. The number of carbonyl (C=O) groups excluding carboxylic acids is 2. The third kappa shape index (κ3) is 6.34. The Labute approximate surface area is 188 Å². The highest BCUT2D eigenvalue weighted by atomic mass is 32.1. The average molecular weight is 435 g/mol. The summed E-state index contributed by atoms with van der Waals surface area (Å²) < 4.78 is 0.